The van der Waals surface area contributed by atoms with Crippen LogP contribution in [-0.2, 0) is 0 Å². The second-order valence-electron chi connectivity index (χ2n) is 3.16. The summed E-state index contributed by atoms with van der Waals surface area (Å²) < 4.78 is 10.2. The summed E-state index contributed by atoms with van der Waals surface area (Å²) in [4.78, 5) is 0. The summed E-state index contributed by atoms with van der Waals surface area (Å²) in [5.74, 6) is 1.28. The maximum Gasteiger partial charge on any atom is 0.233 e. The average molecular weight is 216 g/mol. The maximum atomic E-state index is 5.26. The third-order valence-corrected chi connectivity index (χ3v) is 2.23. The van der Waals surface area contributed by atoms with Gasteiger partial charge in [0.05, 0.1) is 19.9 Å². The van der Waals surface area contributed by atoms with Gasteiger partial charge < -0.3 is 9.47 Å². The van der Waals surface area contributed by atoms with Crippen molar-refractivity contribution in [1.29, 1.82) is 0 Å². The van der Waals surface area contributed by atoms with Crippen LogP contribution in [0, 0.1) is 0 Å². The molecule has 0 bridgehead atoms. The lowest BCUT2D eigenvalue weighted by Crippen LogP contribution is -1.94. The van der Waals surface area contributed by atoms with Crippen LogP contribution in [0.2, 0.25) is 0 Å². The second-order valence-corrected chi connectivity index (χ2v) is 3.16. The number of aromatic nitrogens is 2. The minimum Gasteiger partial charge on any atom is -0.496 e. The minimum absolute atomic E-state index is 0.499. The van der Waals surface area contributed by atoms with Gasteiger partial charge in [-0.1, -0.05) is 12.1 Å². The lowest BCUT2D eigenvalue weighted by molar-refractivity contribution is 0.392. The number of rotatable bonds is 3. The number of ether oxygens (including phenoxy) is 2. The summed E-state index contributed by atoms with van der Waals surface area (Å²) in [6.07, 6.45) is 0. The van der Waals surface area contributed by atoms with Crippen molar-refractivity contribution in [3.05, 3.63) is 36.4 Å². The van der Waals surface area contributed by atoms with Gasteiger partial charge in [0.1, 0.15) is 5.75 Å². The van der Waals surface area contributed by atoms with Crippen LogP contribution in [0.25, 0.3) is 11.3 Å². The van der Waals surface area contributed by atoms with E-state index in [-0.39, 0.29) is 0 Å². The molecule has 1 heterocycles. The van der Waals surface area contributed by atoms with Crippen molar-refractivity contribution in [2.45, 2.75) is 0 Å². The van der Waals surface area contributed by atoms with E-state index in [2.05, 4.69) is 10.2 Å². The van der Waals surface area contributed by atoms with Gasteiger partial charge in [-0.05, 0) is 18.2 Å². The summed E-state index contributed by atoms with van der Waals surface area (Å²) in [6.45, 7) is 0. The first kappa shape index (κ1) is 10.4. The Balaban J connectivity index is 2.42. The molecule has 82 valence electrons. The average Bonchev–Trinajstić information content (AvgIpc) is 2.39. The van der Waals surface area contributed by atoms with Gasteiger partial charge in [-0.3, -0.25) is 0 Å². The first-order valence-electron chi connectivity index (χ1n) is 4.86. The van der Waals surface area contributed by atoms with Gasteiger partial charge >= 0.3 is 0 Å². The van der Waals surface area contributed by atoms with Crippen molar-refractivity contribution in [2.24, 2.45) is 0 Å². The fourth-order valence-electron chi connectivity index (χ4n) is 1.43. The smallest absolute Gasteiger partial charge is 0.233 e. The zero-order valence-corrected chi connectivity index (χ0v) is 9.18. The van der Waals surface area contributed by atoms with Crippen LogP contribution in [0.1, 0.15) is 0 Å². The van der Waals surface area contributed by atoms with E-state index in [1.165, 1.54) is 0 Å². The van der Waals surface area contributed by atoms with E-state index in [4.69, 9.17) is 9.47 Å². The van der Waals surface area contributed by atoms with Gasteiger partial charge in [-0.25, -0.2) is 0 Å². The Kier molecular flexibility index (Phi) is 3.00. The van der Waals surface area contributed by atoms with Gasteiger partial charge in [0.2, 0.25) is 5.88 Å². The van der Waals surface area contributed by atoms with Crippen molar-refractivity contribution in [3.8, 4) is 22.9 Å². The van der Waals surface area contributed by atoms with Crippen LogP contribution in [0.5, 0.6) is 11.6 Å². The van der Waals surface area contributed by atoms with Crippen molar-refractivity contribution in [2.75, 3.05) is 14.2 Å². The molecule has 0 unspecified atom stereocenters. The Morgan fingerprint density at radius 1 is 0.875 bits per heavy atom. The molecule has 4 heteroatoms. The SMILES string of the molecule is COc1ccc(-c2ccccc2OC)nn1. The molecule has 16 heavy (non-hydrogen) atoms. The van der Waals surface area contributed by atoms with E-state index in [9.17, 15) is 0 Å². The second kappa shape index (κ2) is 4.61. The van der Waals surface area contributed by atoms with Gasteiger partial charge in [-0.2, -0.15) is 0 Å². The van der Waals surface area contributed by atoms with Crippen LogP contribution in [0.15, 0.2) is 36.4 Å². The lowest BCUT2D eigenvalue weighted by atomic mass is 10.1. The third-order valence-electron chi connectivity index (χ3n) is 2.23. The third kappa shape index (κ3) is 1.95. The molecule has 0 saturated heterocycles. The summed E-state index contributed by atoms with van der Waals surface area (Å²) in [5, 5.41) is 7.99. The van der Waals surface area contributed by atoms with Crippen molar-refractivity contribution < 1.29 is 9.47 Å². The van der Waals surface area contributed by atoms with E-state index in [0.29, 0.717) is 5.88 Å². The highest BCUT2D eigenvalue weighted by atomic mass is 16.5. The quantitative estimate of drug-likeness (QED) is 0.788. The van der Waals surface area contributed by atoms with Crippen molar-refractivity contribution in [1.82, 2.24) is 10.2 Å². The number of nitrogens with zero attached hydrogens (tertiary/aromatic N) is 2. The molecule has 0 amide bonds. The van der Waals surface area contributed by atoms with E-state index in [0.717, 1.165) is 17.0 Å². The molecule has 2 aromatic rings. The summed E-state index contributed by atoms with van der Waals surface area (Å²) in [6, 6.07) is 11.3. The Hall–Kier alpha value is -2.10. The fourth-order valence-corrected chi connectivity index (χ4v) is 1.43. The zero-order valence-electron chi connectivity index (χ0n) is 9.18. The molecule has 0 aliphatic rings. The van der Waals surface area contributed by atoms with Gasteiger partial charge in [0.15, 0.2) is 0 Å². The van der Waals surface area contributed by atoms with Crippen molar-refractivity contribution >= 4 is 0 Å². The van der Waals surface area contributed by atoms with Crippen LogP contribution in [-0.4, -0.2) is 24.4 Å². The molecule has 1 aromatic carbocycles. The summed E-state index contributed by atoms with van der Waals surface area (Å²) in [5.41, 5.74) is 1.68. The molecule has 0 radical (unpaired) electrons. The number of hydrogen-bond donors (Lipinski definition) is 0. The Bertz CT molecular complexity index is 469. The Labute approximate surface area is 93.9 Å². The molecule has 0 saturated carbocycles. The highest BCUT2D eigenvalue weighted by Crippen LogP contribution is 2.27. The fraction of sp³-hybridized carbons (Fsp3) is 0.167. The molecular formula is C12H12N2O2. The van der Waals surface area contributed by atoms with E-state index >= 15 is 0 Å². The molecule has 0 fully saturated rings. The number of benzene rings is 1. The first-order chi connectivity index (χ1) is 7.85. The summed E-state index contributed by atoms with van der Waals surface area (Å²) in [7, 11) is 3.20. The Morgan fingerprint density at radius 2 is 1.69 bits per heavy atom. The molecule has 0 spiro atoms. The van der Waals surface area contributed by atoms with Crippen LogP contribution >= 0.6 is 0 Å². The molecular weight excluding hydrogens is 204 g/mol. The van der Waals surface area contributed by atoms with Gasteiger partial charge in [0.25, 0.3) is 0 Å². The number of hydrogen-bond acceptors (Lipinski definition) is 4. The predicted octanol–water partition coefficient (Wildman–Crippen LogP) is 2.16. The van der Waals surface area contributed by atoms with Crippen LogP contribution in [0.3, 0.4) is 0 Å². The van der Waals surface area contributed by atoms with Crippen LogP contribution in [0.4, 0.5) is 0 Å². The maximum absolute atomic E-state index is 5.26. The predicted molar refractivity (Wildman–Crippen MR) is 60.6 cm³/mol. The standard InChI is InChI=1S/C12H12N2O2/c1-15-11-6-4-3-5-9(11)10-7-8-12(16-2)14-13-10/h3-8H,1-2H3. The lowest BCUT2D eigenvalue weighted by Gasteiger charge is -2.06. The van der Waals surface area contributed by atoms with E-state index in [1.54, 1.807) is 20.3 Å². The van der Waals surface area contributed by atoms with Crippen LogP contribution < -0.4 is 9.47 Å². The first-order valence-corrected chi connectivity index (χ1v) is 4.86. The number of para-hydroxylation sites is 1. The largest absolute Gasteiger partial charge is 0.496 e. The molecule has 0 atom stereocenters. The highest BCUT2D eigenvalue weighted by molar-refractivity contribution is 5.66. The molecule has 0 aliphatic heterocycles. The highest BCUT2D eigenvalue weighted by Gasteiger charge is 2.06. The van der Waals surface area contributed by atoms with E-state index in [1.807, 2.05) is 30.3 Å². The molecule has 2 rings (SSSR count). The summed E-state index contributed by atoms with van der Waals surface area (Å²) >= 11 is 0. The zero-order chi connectivity index (χ0) is 11.4. The molecule has 0 aliphatic carbocycles. The van der Waals surface area contributed by atoms with Gasteiger partial charge in [-0.15, -0.1) is 10.2 Å². The monoisotopic (exact) mass is 216 g/mol. The molecule has 0 N–H and O–H groups in total. The molecule has 1 aromatic heterocycles. The normalized spacial score (nSPS) is 9.88. The number of methoxy groups -OCH3 is 2. The van der Waals surface area contributed by atoms with Crippen molar-refractivity contribution in [3.63, 3.8) is 0 Å². The topological polar surface area (TPSA) is 44.2 Å². The minimum atomic E-state index is 0.499. The molecule has 4 nitrogen and oxygen atoms in total. The van der Waals surface area contributed by atoms with E-state index < -0.39 is 0 Å². The Morgan fingerprint density at radius 3 is 2.31 bits per heavy atom. The van der Waals surface area contributed by atoms with Gasteiger partial charge in [0, 0.05) is 11.6 Å².